The van der Waals surface area contributed by atoms with Gasteiger partial charge in [-0.2, -0.15) is 0 Å². The van der Waals surface area contributed by atoms with Gasteiger partial charge in [0, 0.05) is 20.1 Å². The third-order valence-electron chi connectivity index (χ3n) is 2.85. The Bertz CT molecular complexity index is 584. The second-order valence-corrected chi connectivity index (χ2v) is 5.72. The Kier molecular flexibility index (Phi) is 4.85. The summed E-state index contributed by atoms with van der Waals surface area (Å²) in [5.41, 5.74) is 1.25. The Morgan fingerprint density at radius 1 is 1.21 bits per heavy atom. The Balaban J connectivity index is 2.59. The lowest BCUT2D eigenvalue weighted by Crippen LogP contribution is -2.20. The monoisotopic (exact) mass is 361 g/mol. The normalized spacial score (nSPS) is 12.5. The van der Waals surface area contributed by atoms with Gasteiger partial charge in [-0.05, 0) is 42.9 Å². The van der Waals surface area contributed by atoms with Crippen LogP contribution < -0.4 is 5.32 Å². The molecule has 0 bridgehead atoms. The summed E-state index contributed by atoms with van der Waals surface area (Å²) < 4.78 is 14.7. The SMILES string of the molecule is CNC(c1cc(Cl)ccc1Cl)c1c(F)cccc1Br. The zero-order chi connectivity index (χ0) is 14.0. The van der Waals surface area contributed by atoms with Gasteiger partial charge in [0.2, 0.25) is 0 Å². The summed E-state index contributed by atoms with van der Waals surface area (Å²) in [6.45, 7) is 0. The van der Waals surface area contributed by atoms with Gasteiger partial charge in [-0.15, -0.1) is 0 Å². The van der Waals surface area contributed by atoms with Gasteiger partial charge in [0.15, 0.2) is 0 Å². The third-order valence-corrected chi connectivity index (χ3v) is 4.12. The first-order valence-electron chi connectivity index (χ1n) is 5.60. The average molecular weight is 363 g/mol. The van der Waals surface area contributed by atoms with Gasteiger partial charge in [-0.25, -0.2) is 4.39 Å². The van der Waals surface area contributed by atoms with Crippen molar-refractivity contribution in [2.75, 3.05) is 7.05 Å². The number of halogens is 4. The molecule has 5 heteroatoms. The highest BCUT2D eigenvalue weighted by atomic mass is 79.9. The maximum Gasteiger partial charge on any atom is 0.129 e. The summed E-state index contributed by atoms with van der Waals surface area (Å²) in [5, 5.41) is 4.17. The van der Waals surface area contributed by atoms with Crippen molar-refractivity contribution in [2.24, 2.45) is 0 Å². The predicted octanol–water partition coefficient (Wildman–Crippen LogP) is 5.20. The van der Waals surface area contributed by atoms with E-state index in [1.807, 2.05) is 0 Å². The Labute approximate surface area is 129 Å². The molecule has 0 saturated carbocycles. The van der Waals surface area contributed by atoms with Crippen LogP contribution in [0.25, 0.3) is 0 Å². The van der Waals surface area contributed by atoms with E-state index in [4.69, 9.17) is 23.2 Å². The second-order valence-electron chi connectivity index (χ2n) is 4.02. The number of hydrogen-bond donors (Lipinski definition) is 1. The molecule has 1 nitrogen and oxygen atoms in total. The fourth-order valence-corrected chi connectivity index (χ4v) is 2.96. The average Bonchev–Trinajstić information content (AvgIpc) is 2.37. The maximum absolute atomic E-state index is 14.1. The molecule has 1 N–H and O–H groups in total. The summed E-state index contributed by atoms with van der Waals surface area (Å²) in [7, 11) is 1.75. The lowest BCUT2D eigenvalue weighted by molar-refractivity contribution is 0.574. The molecule has 0 fully saturated rings. The minimum Gasteiger partial charge on any atom is -0.309 e. The molecule has 0 spiro atoms. The molecular weight excluding hydrogens is 352 g/mol. The minimum atomic E-state index is -0.373. The van der Waals surface area contributed by atoms with Gasteiger partial charge >= 0.3 is 0 Å². The van der Waals surface area contributed by atoms with Crippen molar-refractivity contribution < 1.29 is 4.39 Å². The van der Waals surface area contributed by atoms with Crippen molar-refractivity contribution in [1.29, 1.82) is 0 Å². The topological polar surface area (TPSA) is 12.0 Å². The molecule has 2 aromatic carbocycles. The summed E-state index contributed by atoms with van der Waals surface area (Å²) in [6, 6.07) is 9.64. The molecule has 1 unspecified atom stereocenters. The molecular formula is C14H11BrCl2FN. The molecule has 2 rings (SSSR count). The quantitative estimate of drug-likeness (QED) is 0.790. The molecule has 0 heterocycles. The van der Waals surface area contributed by atoms with E-state index in [1.54, 1.807) is 37.4 Å². The van der Waals surface area contributed by atoms with Gasteiger partial charge < -0.3 is 5.32 Å². The molecule has 100 valence electrons. The van der Waals surface area contributed by atoms with E-state index in [2.05, 4.69) is 21.2 Å². The number of hydrogen-bond acceptors (Lipinski definition) is 1. The second kappa shape index (κ2) is 6.23. The summed E-state index contributed by atoms with van der Waals surface area (Å²) in [4.78, 5) is 0. The number of benzene rings is 2. The first-order chi connectivity index (χ1) is 9.04. The molecule has 0 saturated heterocycles. The van der Waals surface area contributed by atoms with E-state index in [1.165, 1.54) is 6.07 Å². The summed E-state index contributed by atoms with van der Waals surface area (Å²) in [5.74, 6) is -0.301. The standard InChI is InChI=1S/C14H11BrCl2FN/c1-19-14(9-7-8(16)5-6-11(9)17)13-10(15)3-2-4-12(13)18/h2-7,14,19H,1H3. The highest BCUT2D eigenvalue weighted by molar-refractivity contribution is 9.10. The molecule has 2 aromatic rings. The van der Waals surface area contributed by atoms with Crippen molar-refractivity contribution in [3.05, 3.63) is 67.9 Å². The third kappa shape index (κ3) is 3.11. The molecule has 1 atom stereocenters. The molecule has 0 aliphatic carbocycles. The van der Waals surface area contributed by atoms with E-state index in [0.717, 1.165) is 5.56 Å². The summed E-state index contributed by atoms with van der Waals surface area (Å²) >= 11 is 15.6. The molecule has 0 amide bonds. The number of nitrogens with one attached hydrogen (secondary N) is 1. The Morgan fingerprint density at radius 2 is 1.95 bits per heavy atom. The van der Waals surface area contributed by atoms with E-state index < -0.39 is 0 Å². The maximum atomic E-state index is 14.1. The Morgan fingerprint density at radius 3 is 2.58 bits per heavy atom. The predicted molar refractivity (Wildman–Crippen MR) is 81.5 cm³/mol. The van der Waals surface area contributed by atoms with E-state index in [9.17, 15) is 4.39 Å². The van der Waals surface area contributed by atoms with Gasteiger partial charge in [0.25, 0.3) is 0 Å². The lowest BCUT2D eigenvalue weighted by Gasteiger charge is -2.20. The highest BCUT2D eigenvalue weighted by Gasteiger charge is 2.21. The van der Waals surface area contributed by atoms with Crippen LogP contribution in [0.3, 0.4) is 0 Å². The Hall–Kier alpha value is -0.610. The van der Waals surface area contributed by atoms with Gasteiger partial charge in [-0.1, -0.05) is 45.2 Å². The van der Waals surface area contributed by atoms with Crippen LogP contribution in [0.1, 0.15) is 17.2 Å². The summed E-state index contributed by atoms with van der Waals surface area (Å²) in [6.07, 6.45) is 0. The van der Waals surface area contributed by atoms with Gasteiger partial charge in [-0.3, -0.25) is 0 Å². The first kappa shape index (κ1) is 14.8. The van der Waals surface area contributed by atoms with Crippen molar-refractivity contribution >= 4 is 39.1 Å². The van der Waals surface area contributed by atoms with Crippen LogP contribution in [0.15, 0.2) is 40.9 Å². The van der Waals surface area contributed by atoms with Gasteiger partial charge in [0.1, 0.15) is 5.82 Å². The van der Waals surface area contributed by atoms with Crippen LogP contribution in [0.2, 0.25) is 10.0 Å². The fourth-order valence-electron chi connectivity index (χ4n) is 1.98. The van der Waals surface area contributed by atoms with Crippen molar-refractivity contribution in [1.82, 2.24) is 5.32 Å². The van der Waals surface area contributed by atoms with Crippen LogP contribution >= 0.6 is 39.1 Å². The van der Waals surface area contributed by atoms with Crippen LogP contribution in [-0.4, -0.2) is 7.05 Å². The van der Waals surface area contributed by atoms with E-state index >= 15 is 0 Å². The van der Waals surface area contributed by atoms with Crippen molar-refractivity contribution in [2.45, 2.75) is 6.04 Å². The molecule has 0 aliphatic rings. The molecule has 19 heavy (non-hydrogen) atoms. The zero-order valence-electron chi connectivity index (χ0n) is 10.1. The fraction of sp³-hybridized carbons (Fsp3) is 0.143. The largest absolute Gasteiger partial charge is 0.309 e. The molecule has 0 radical (unpaired) electrons. The first-order valence-corrected chi connectivity index (χ1v) is 7.15. The molecule has 0 aliphatic heterocycles. The van der Waals surface area contributed by atoms with Crippen molar-refractivity contribution in [3.8, 4) is 0 Å². The van der Waals surface area contributed by atoms with Gasteiger partial charge in [0.05, 0.1) is 6.04 Å². The number of rotatable bonds is 3. The van der Waals surface area contributed by atoms with Crippen LogP contribution in [-0.2, 0) is 0 Å². The molecule has 0 aromatic heterocycles. The van der Waals surface area contributed by atoms with Crippen LogP contribution in [0.5, 0.6) is 0 Å². The highest BCUT2D eigenvalue weighted by Crippen LogP contribution is 2.35. The minimum absolute atomic E-state index is 0.301. The zero-order valence-corrected chi connectivity index (χ0v) is 13.2. The van der Waals surface area contributed by atoms with E-state index in [-0.39, 0.29) is 11.9 Å². The van der Waals surface area contributed by atoms with Crippen molar-refractivity contribution in [3.63, 3.8) is 0 Å². The van der Waals surface area contributed by atoms with Crippen LogP contribution in [0, 0.1) is 5.82 Å². The smallest absolute Gasteiger partial charge is 0.129 e. The lowest BCUT2D eigenvalue weighted by atomic mass is 9.98. The van der Waals surface area contributed by atoms with E-state index in [0.29, 0.717) is 20.1 Å². The van der Waals surface area contributed by atoms with Crippen LogP contribution in [0.4, 0.5) is 4.39 Å².